The monoisotopic (exact) mass is 445 g/mol. The highest BCUT2D eigenvalue weighted by Gasteiger charge is 2.41. The predicted molar refractivity (Wildman–Crippen MR) is 116 cm³/mol. The van der Waals surface area contributed by atoms with Gasteiger partial charge in [0.15, 0.2) is 0 Å². The third-order valence-electron chi connectivity index (χ3n) is 6.24. The third-order valence-corrected chi connectivity index (χ3v) is 6.24. The molecule has 0 aliphatic rings. The standard InChI is InChI=1S/C22H39NO8/c1-16(19(24)25)10-4-7-13-22(23(30)31,14-8-5-11-17(2)20(26)27)15-9-6-12-18(3)21(28)29/h16-18H,4-15H2,1-3H3,(H,24,25)(H,26,27)(H,28,29). The lowest BCUT2D eigenvalue weighted by atomic mass is 9.81. The van der Waals surface area contributed by atoms with Gasteiger partial charge in [0.05, 0.1) is 17.8 Å². The molecule has 0 aromatic rings. The first-order chi connectivity index (χ1) is 14.4. The van der Waals surface area contributed by atoms with Gasteiger partial charge in [-0.15, -0.1) is 0 Å². The Morgan fingerprint density at radius 1 is 0.677 bits per heavy atom. The van der Waals surface area contributed by atoms with Crippen LogP contribution in [0.25, 0.3) is 0 Å². The molecule has 3 atom stereocenters. The number of hydrogen-bond acceptors (Lipinski definition) is 5. The van der Waals surface area contributed by atoms with E-state index in [1.54, 1.807) is 20.8 Å². The first kappa shape index (κ1) is 28.8. The predicted octanol–water partition coefficient (Wildman–Crippen LogP) is 4.85. The van der Waals surface area contributed by atoms with Crippen LogP contribution in [0, 0.1) is 27.9 Å². The zero-order valence-corrected chi connectivity index (χ0v) is 19.0. The molecule has 3 unspecified atom stereocenters. The van der Waals surface area contributed by atoms with Crippen molar-refractivity contribution in [3.8, 4) is 0 Å². The molecule has 0 saturated carbocycles. The second-order valence-electron chi connectivity index (χ2n) is 8.94. The molecule has 0 fully saturated rings. The number of carbonyl (C=O) groups is 3. The van der Waals surface area contributed by atoms with Gasteiger partial charge in [-0.3, -0.25) is 24.5 Å². The average molecular weight is 446 g/mol. The number of carboxylic acid groups (broad SMARTS) is 3. The molecule has 0 spiro atoms. The summed E-state index contributed by atoms with van der Waals surface area (Å²) in [6, 6.07) is 0. The lowest BCUT2D eigenvalue weighted by molar-refractivity contribution is -0.574. The van der Waals surface area contributed by atoms with Crippen molar-refractivity contribution < 1.29 is 34.6 Å². The van der Waals surface area contributed by atoms with E-state index in [0.29, 0.717) is 77.0 Å². The van der Waals surface area contributed by atoms with Gasteiger partial charge in [0.1, 0.15) is 0 Å². The van der Waals surface area contributed by atoms with E-state index in [4.69, 9.17) is 15.3 Å². The smallest absolute Gasteiger partial charge is 0.306 e. The highest BCUT2D eigenvalue weighted by atomic mass is 16.6. The van der Waals surface area contributed by atoms with Gasteiger partial charge >= 0.3 is 17.9 Å². The van der Waals surface area contributed by atoms with Gasteiger partial charge in [-0.2, -0.15) is 0 Å². The van der Waals surface area contributed by atoms with Gasteiger partial charge in [0, 0.05) is 24.2 Å². The van der Waals surface area contributed by atoms with Crippen molar-refractivity contribution in [2.45, 2.75) is 103 Å². The maximum Gasteiger partial charge on any atom is 0.306 e. The molecule has 0 aromatic carbocycles. The molecule has 31 heavy (non-hydrogen) atoms. The van der Waals surface area contributed by atoms with E-state index in [1.165, 1.54) is 0 Å². The Morgan fingerprint density at radius 3 is 1.13 bits per heavy atom. The summed E-state index contributed by atoms with van der Waals surface area (Å²) in [7, 11) is 0. The summed E-state index contributed by atoms with van der Waals surface area (Å²) in [5.41, 5.74) is -1.13. The van der Waals surface area contributed by atoms with E-state index in [-0.39, 0.29) is 4.92 Å². The van der Waals surface area contributed by atoms with Gasteiger partial charge in [-0.1, -0.05) is 40.0 Å². The molecule has 0 rings (SSSR count). The van der Waals surface area contributed by atoms with E-state index in [9.17, 15) is 24.5 Å². The Morgan fingerprint density at radius 2 is 0.935 bits per heavy atom. The zero-order chi connectivity index (χ0) is 24.0. The van der Waals surface area contributed by atoms with Gasteiger partial charge in [-0.05, 0) is 38.5 Å². The van der Waals surface area contributed by atoms with Crippen LogP contribution in [0.2, 0.25) is 0 Å². The minimum absolute atomic E-state index is 0.227. The SMILES string of the molecule is CC(CCCCC(CCCCC(C)C(=O)O)(CCCCC(C)C(=O)O)[N+](=O)[O-])C(=O)O. The Bertz CT molecular complexity index is 523. The number of rotatable bonds is 19. The van der Waals surface area contributed by atoms with Crippen LogP contribution in [0.15, 0.2) is 0 Å². The van der Waals surface area contributed by atoms with Crippen LogP contribution in [-0.2, 0) is 14.4 Å². The van der Waals surface area contributed by atoms with Crippen LogP contribution in [0.5, 0.6) is 0 Å². The van der Waals surface area contributed by atoms with Gasteiger partial charge < -0.3 is 15.3 Å². The lowest BCUT2D eigenvalue weighted by Crippen LogP contribution is -2.38. The fourth-order valence-corrected chi connectivity index (χ4v) is 3.73. The second kappa shape index (κ2) is 14.8. The normalized spacial score (nSPS) is 16.1. The van der Waals surface area contributed by atoms with Crippen LogP contribution in [0.4, 0.5) is 0 Å². The minimum Gasteiger partial charge on any atom is -0.481 e. The average Bonchev–Trinajstić information content (AvgIpc) is 2.69. The molecule has 0 saturated heterocycles. The molecule has 9 nitrogen and oxygen atoms in total. The summed E-state index contributed by atoms with van der Waals surface area (Å²) < 4.78 is 0. The van der Waals surface area contributed by atoms with Gasteiger partial charge in [0.2, 0.25) is 5.54 Å². The highest BCUT2D eigenvalue weighted by Crippen LogP contribution is 2.32. The summed E-state index contributed by atoms with van der Waals surface area (Å²) in [5, 5.41) is 39.0. The molecule has 0 radical (unpaired) electrons. The van der Waals surface area contributed by atoms with Crippen molar-refractivity contribution in [1.82, 2.24) is 0 Å². The molecule has 3 N–H and O–H groups in total. The first-order valence-electron chi connectivity index (χ1n) is 11.3. The Balaban J connectivity index is 4.92. The van der Waals surface area contributed by atoms with Crippen LogP contribution >= 0.6 is 0 Å². The molecular weight excluding hydrogens is 406 g/mol. The molecular formula is C22H39NO8. The van der Waals surface area contributed by atoms with E-state index in [0.717, 1.165) is 0 Å². The van der Waals surface area contributed by atoms with Crippen molar-refractivity contribution >= 4 is 17.9 Å². The number of aliphatic carboxylic acids is 3. The second-order valence-corrected chi connectivity index (χ2v) is 8.94. The third kappa shape index (κ3) is 11.7. The first-order valence-corrected chi connectivity index (χ1v) is 11.3. The largest absolute Gasteiger partial charge is 0.481 e. The molecule has 0 aliphatic carbocycles. The van der Waals surface area contributed by atoms with E-state index < -0.39 is 41.2 Å². The zero-order valence-electron chi connectivity index (χ0n) is 19.0. The molecule has 0 bridgehead atoms. The summed E-state index contributed by atoms with van der Waals surface area (Å²) >= 11 is 0. The molecule has 0 amide bonds. The number of unbranched alkanes of at least 4 members (excludes halogenated alkanes) is 3. The van der Waals surface area contributed by atoms with Crippen molar-refractivity contribution in [3.05, 3.63) is 10.1 Å². The number of carboxylic acids is 3. The fraction of sp³-hybridized carbons (Fsp3) is 0.864. The topological polar surface area (TPSA) is 155 Å². The lowest BCUT2D eigenvalue weighted by Gasteiger charge is -2.26. The van der Waals surface area contributed by atoms with E-state index in [1.807, 2.05) is 0 Å². The molecule has 180 valence electrons. The quantitative estimate of drug-likeness (QED) is 0.145. The summed E-state index contributed by atoms with van der Waals surface area (Å²) in [6.07, 6.45) is 5.86. The van der Waals surface area contributed by atoms with Crippen molar-refractivity contribution in [2.75, 3.05) is 0 Å². The number of nitro groups is 1. The Labute approximate surface area is 184 Å². The summed E-state index contributed by atoms with van der Waals surface area (Å²) in [6.45, 7) is 4.86. The van der Waals surface area contributed by atoms with Crippen LogP contribution < -0.4 is 0 Å². The Hall–Kier alpha value is -2.19. The molecule has 9 heteroatoms. The van der Waals surface area contributed by atoms with Crippen molar-refractivity contribution in [1.29, 1.82) is 0 Å². The van der Waals surface area contributed by atoms with E-state index in [2.05, 4.69) is 0 Å². The fourth-order valence-electron chi connectivity index (χ4n) is 3.73. The maximum absolute atomic E-state index is 12.1. The Kier molecular flexibility index (Phi) is 13.7. The number of hydrogen-bond donors (Lipinski definition) is 3. The van der Waals surface area contributed by atoms with Crippen LogP contribution in [-0.4, -0.2) is 43.7 Å². The number of nitrogens with zero attached hydrogens (tertiary/aromatic N) is 1. The molecule has 0 aromatic heterocycles. The van der Waals surface area contributed by atoms with Crippen molar-refractivity contribution in [2.24, 2.45) is 17.8 Å². The van der Waals surface area contributed by atoms with Gasteiger partial charge in [-0.25, -0.2) is 0 Å². The van der Waals surface area contributed by atoms with Crippen LogP contribution in [0.1, 0.15) is 97.8 Å². The van der Waals surface area contributed by atoms with E-state index >= 15 is 0 Å². The van der Waals surface area contributed by atoms with Crippen LogP contribution in [0.3, 0.4) is 0 Å². The summed E-state index contributed by atoms with van der Waals surface area (Å²) in [5.74, 6) is -4.08. The molecule has 0 heterocycles. The minimum atomic E-state index is -1.13. The maximum atomic E-state index is 12.1. The van der Waals surface area contributed by atoms with Gasteiger partial charge in [0.25, 0.3) is 0 Å². The molecule has 0 aliphatic heterocycles. The summed E-state index contributed by atoms with van der Waals surface area (Å²) in [4.78, 5) is 44.7. The van der Waals surface area contributed by atoms with Crippen molar-refractivity contribution in [3.63, 3.8) is 0 Å². The highest BCUT2D eigenvalue weighted by molar-refractivity contribution is 5.70.